The fourth-order valence-electron chi connectivity index (χ4n) is 3.58. The first-order valence-electron chi connectivity index (χ1n) is 9.45. The van der Waals surface area contributed by atoms with Crippen molar-refractivity contribution in [2.24, 2.45) is 7.05 Å². The number of rotatable bonds is 5. The van der Waals surface area contributed by atoms with Crippen molar-refractivity contribution in [1.29, 1.82) is 5.41 Å². The average molecular weight is 392 g/mol. The molecular formula is C22H24N4O3. The van der Waals surface area contributed by atoms with Crippen LogP contribution in [0.25, 0.3) is 16.6 Å². The molecule has 2 heterocycles. The Hall–Kier alpha value is -3.48. The highest BCUT2D eigenvalue weighted by Crippen LogP contribution is 2.37. The lowest BCUT2D eigenvalue weighted by molar-refractivity contribution is 0.243. The molecular weight excluding hydrogens is 368 g/mol. The van der Waals surface area contributed by atoms with Crippen LogP contribution >= 0.6 is 0 Å². The zero-order valence-corrected chi connectivity index (χ0v) is 16.9. The molecule has 1 aliphatic heterocycles. The van der Waals surface area contributed by atoms with Crippen LogP contribution in [0.15, 0.2) is 48.2 Å². The van der Waals surface area contributed by atoms with Crippen molar-refractivity contribution in [3.05, 3.63) is 54.0 Å². The lowest BCUT2D eigenvalue weighted by atomic mass is 10.2. The largest absolute Gasteiger partial charge is 0.509 e. The fraction of sp³-hybridized carbons (Fsp3) is 0.273. The number of aromatic nitrogens is 2. The number of para-hydroxylation sites is 2. The third kappa shape index (κ3) is 3.18. The number of aliphatic hydroxyl groups excluding tert-OH is 1. The van der Waals surface area contributed by atoms with Gasteiger partial charge in [0.2, 0.25) is 0 Å². The summed E-state index contributed by atoms with van der Waals surface area (Å²) in [5, 5.41) is 19.5. The van der Waals surface area contributed by atoms with Gasteiger partial charge in [-0.05, 0) is 38.1 Å². The normalized spacial score (nSPS) is 14.4. The van der Waals surface area contributed by atoms with Crippen molar-refractivity contribution in [2.75, 3.05) is 18.6 Å². The number of nitrogens with one attached hydrogen (secondary N) is 1. The zero-order chi connectivity index (χ0) is 20.7. The number of amidine groups is 1. The molecule has 0 saturated carbocycles. The summed E-state index contributed by atoms with van der Waals surface area (Å²) in [5.41, 5.74) is 2.81. The van der Waals surface area contributed by atoms with Crippen LogP contribution in [0.2, 0.25) is 0 Å². The van der Waals surface area contributed by atoms with E-state index in [0.29, 0.717) is 22.9 Å². The highest BCUT2D eigenvalue weighted by molar-refractivity contribution is 6.30. The van der Waals surface area contributed by atoms with Crippen molar-refractivity contribution in [3.63, 3.8) is 0 Å². The van der Waals surface area contributed by atoms with E-state index in [-0.39, 0.29) is 24.2 Å². The first-order chi connectivity index (χ1) is 13.9. The molecule has 4 rings (SSSR count). The van der Waals surface area contributed by atoms with E-state index in [1.54, 1.807) is 12.0 Å². The molecule has 2 aromatic carbocycles. The Bertz CT molecular complexity index is 1130. The summed E-state index contributed by atoms with van der Waals surface area (Å²) in [6, 6.07) is 13.2. The summed E-state index contributed by atoms with van der Waals surface area (Å²) in [4.78, 5) is 6.41. The second kappa shape index (κ2) is 7.16. The van der Waals surface area contributed by atoms with Crippen molar-refractivity contribution < 1.29 is 14.6 Å². The number of nitrogens with zero attached hydrogens (tertiary/aromatic N) is 3. The van der Waals surface area contributed by atoms with Gasteiger partial charge in [-0.15, -0.1) is 0 Å². The lowest BCUT2D eigenvalue weighted by Crippen LogP contribution is -2.27. The minimum absolute atomic E-state index is 0.00350. The van der Waals surface area contributed by atoms with Crippen LogP contribution in [-0.4, -0.2) is 40.3 Å². The van der Waals surface area contributed by atoms with Crippen LogP contribution in [0.5, 0.6) is 11.5 Å². The molecule has 0 radical (unpaired) electrons. The molecule has 0 bridgehead atoms. The number of hydrogen-bond acceptors (Lipinski definition) is 5. The van der Waals surface area contributed by atoms with E-state index >= 15 is 0 Å². The van der Waals surface area contributed by atoms with Crippen LogP contribution in [0, 0.1) is 5.41 Å². The number of imidazole rings is 1. The number of methoxy groups -OCH3 is 1. The SMILES string of the molecule is COc1ccc2c(c1)nc(C1=C(O)CN(c3ccccc3OC(C)C)C1=N)n2C. The van der Waals surface area contributed by atoms with Crippen molar-refractivity contribution in [1.82, 2.24) is 9.55 Å². The monoisotopic (exact) mass is 392 g/mol. The Morgan fingerprint density at radius 3 is 2.66 bits per heavy atom. The minimum atomic E-state index is 0.00350. The third-order valence-corrected chi connectivity index (χ3v) is 4.93. The topological polar surface area (TPSA) is 83.6 Å². The van der Waals surface area contributed by atoms with Gasteiger partial charge in [0.1, 0.15) is 28.9 Å². The molecule has 150 valence electrons. The van der Waals surface area contributed by atoms with E-state index in [1.165, 1.54) is 0 Å². The van der Waals surface area contributed by atoms with E-state index in [1.807, 2.05) is 67.9 Å². The Morgan fingerprint density at radius 1 is 1.17 bits per heavy atom. The number of ether oxygens (including phenoxy) is 2. The predicted octanol–water partition coefficient (Wildman–Crippen LogP) is 4.14. The van der Waals surface area contributed by atoms with Crippen LogP contribution < -0.4 is 14.4 Å². The molecule has 3 aromatic rings. The van der Waals surface area contributed by atoms with E-state index in [2.05, 4.69) is 4.98 Å². The molecule has 0 unspecified atom stereocenters. The average Bonchev–Trinajstić information content (AvgIpc) is 3.17. The highest BCUT2D eigenvalue weighted by Gasteiger charge is 2.33. The highest BCUT2D eigenvalue weighted by atomic mass is 16.5. The van der Waals surface area contributed by atoms with Gasteiger partial charge in [0.05, 0.1) is 42.1 Å². The molecule has 7 nitrogen and oxygen atoms in total. The molecule has 7 heteroatoms. The molecule has 0 aliphatic carbocycles. The van der Waals surface area contributed by atoms with Crippen LogP contribution in [0.1, 0.15) is 19.7 Å². The molecule has 0 amide bonds. The van der Waals surface area contributed by atoms with Gasteiger partial charge < -0.3 is 24.0 Å². The van der Waals surface area contributed by atoms with Crippen molar-refractivity contribution in [2.45, 2.75) is 20.0 Å². The summed E-state index contributed by atoms with van der Waals surface area (Å²) >= 11 is 0. The first-order valence-corrected chi connectivity index (χ1v) is 9.45. The Balaban J connectivity index is 1.75. The number of fused-ring (bicyclic) bond motifs is 1. The number of benzene rings is 2. The minimum Gasteiger partial charge on any atom is -0.509 e. The maximum absolute atomic E-state index is 10.7. The number of aliphatic hydroxyl groups is 1. The van der Waals surface area contributed by atoms with Gasteiger partial charge in [0.25, 0.3) is 0 Å². The molecule has 0 fully saturated rings. The van der Waals surface area contributed by atoms with E-state index < -0.39 is 0 Å². The first kappa shape index (κ1) is 18.9. The smallest absolute Gasteiger partial charge is 0.148 e. The number of anilines is 1. The standard InChI is InChI=1S/C22H24N4O3/c1-13(2)29-19-8-6-5-7-17(19)26-12-18(27)20(21(26)23)22-24-15-11-14(28-4)9-10-16(15)25(22)3/h5-11,13,23,27H,12H2,1-4H3. The maximum atomic E-state index is 10.7. The van der Waals surface area contributed by atoms with E-state index in [0.717, 1.165) is 16.7 Å². The van der Waals surface area contributed by atoms with E-state index in [4.69, 9.17) is 14.9 Å². The fourth-order valence-corrected chi connectivity index (χ4v) is 3.58. The van der Waals surface area contributed by atoms with Gasteiger partial charge in [0.15, 0.2) is 0 Å². The second-order valence-corrected chi connectivity index (χ2v) is 7.24. The van der Waals surface area contributed by atoms with Crippen molar-refractivity contribution in [3.8, 4) is 11.5 Å². The zero-order valence-electron chi connectivity index (χ0n) is 16.9. The van der Waals surface area contributed by atoms with Crippen LogP contribution in [-0.2, 0) is 7.05 Å². The molecule has 1 aromatic heterocycles. The number of hydrogen-bond donors (Lipinski definition) is 2. The Labute approximate surface area is 169 Å². The summed E-state index contributed by atoms with van der Waals surface area (Å²) in [6.45, 7) is 4.11. The summed E-state index contributed by atoms with van der Waals surface area (Å²) in [5.74, 6) is 2.23. The quantitative estimate of drug-likeness (QED) is 0.682. The van der Waals surface area contributed by atoms with Gasteiger partial charge in [-0.1, -0.05) is 12.1 Å². The lowest BCUT2D eigenvalue weighted by Gasteiger charge is -2.23. The second-order valence-electron chi connectivity index (χ2n) is 7.24. The molecule has 29 heavy (non-hydrogen) atoms. The molecule has 0 atom stereocenters. The molecule has 1 aliphatic rings. The molecule has 2 N–H and O–H groups in total. The van der Waals surface area contributed by atoms with Crippen LogP contribution in [0.4, 0.5) is 5.69 Å². The predicted molar refractivity (Wildman–Crippen MR) is 114 cm³/mol. The molecule has 0 spiro atoms. The van der Waals surface area contributed by atoms with Gasteiger partial charge >= 0.3 is 0 Å². The Morgan fingerprint density at radius 2 is 1.93 bits per heavy atom. The van der Waals surface area contributed by atoms with E-state index in [9.17, 15) is 5.11 Å². The maximum Gasteiger partial charge on any atom is 0.148 e. The summed E-state index contributed by atoms with van der Waals surface area (Å²) in [6.07, 6.45) is 0.00350. The summed E-state index contributed by atoms with van der Waals surface area (Å²) < 4.78 is 13.1. The van der Waals surface area contributed by atoms with Gasteiger partial charge in [-0.3, -0.25) is 5.41 Å². The van der Waals surface area contributed by atoms with Crippen LogP contribution in [0.3, 0.4) is 0 Å². The molecule has 0 saturated heterocycles. The van der Waals surface area contributed by atoms with Gasteiger partial charge in [0, 0.05) is 13.1 Å². The van der Waals surface area contributed by atoms with Gasteiger partial charge in [-0.2, -0.15) is 0 Å². The third-order valence-electron chi connectivity index (χ3n) is 4.93. The van der Waals surface area contributed by atoms with Crippen molar-refractivity contribution >= 4 is 28.1 Å². The number of aryl methyl sites for hydroxylation is 1. The van der Waals surface area contributed by atoms with Gasteiger partial charge in [-0.25, -0.2) is 4.98 Å². The summed E-state index contributed by atoms with van der Waals surface area (Å²) in [7, 11) is 3.49. The Kier molecular flexibility index (Phi) is 4.66.